The number of aryl methyl sites for hydroxylation is 1. The standard InChI is InChI=1S/C19H18N4O2/c1-14-4-2-5-15(12-14)19(25)21-10-11-23-18(24)8-7-17(22-23)16-6-3-9-20-13-16/h2-9,12-13H,10-11H2,1H3,(H,21,25). The molecule has 0 unspecified atom stereocenters. The second kappa shape index (κ2) is 7.53. The Morgan fingerprint density at radius 2 is 2.04 bits per heavy atom. The first-order valence-electron chi connectivity index (χ1n) is 7.97. The van der Waals surface area contributed by atoms with E-state index in [-0.39, 0.29) is 11.5 Å². The van der Waals surface area contributed by atoms with Crippen LogP contribution in [-0.4, -0.2) is 27.2 Å². The van der Waals surface area contributed by atoms with Gasteiger partial charge in [0.2, 0.25) is 0 Å². The van der Waals surface area contributed by atoms with Gasteiger partial charge in [-0.15, -0.1) is 0 Å². The minimum atomic E-state index is -0.211. The molecular formula is C19H18N4O2. The average molecular weight is 334 g/mol. The summed E-state index contributed by atoms with van der Waals surface area (Å²) in [5.74, 6) is -0.167. The van der Waals surface area contributed by atoms with Gasteiger partial charge < -0.3 is 5.32 Å². The van der Waals surface area contributed by atoms with Crippen molar-refractivity contribution in [2.45, 2.75) is 13.5 Å². The normalized spacial score (nSPS) is 10.4. The molecule has 0 aliphatic rings. The van der Waals surface area contributed by atoms with E-state index < -0.39 is 0 Å². The molecule has 6 heteroatoms. The lowest BCUT2D eigenvalue weighted by atomic mass is 10.1. The van der Waals surface area contributed by atoms with Crippen LogP contribution in [0.5, 0.6) is 0 Å². The number of pyridine rings is 1. The number of aromatic nitrogens is 3. The van der Waals surface area contributed by atoms with E-state index in [0.717, 1.165) is 11.1 Å². The average Bonchev–Trinajstić information content (AvgIpc) is 2.64. The number of nitrogens with one attached hydrogen (secondary N) is 1. The summed E-state index contributed by atoms with van der Waals surface area (Å²) < 4.78 is 1.35. The van der Waals surface area contributed by atoms with Crippen LogP contribution >= 0.6 is 0 Å². The molecule has 3 rings (SSSR count). The van der Waals surface area contributed by atoms with E-state index in [2.05, 4.69) is 15.4 Å². The highest BCUT2D eigenvalue weighted by atomic mass is 16.1. The first-order valence-corrected chi connectivity index (χ1v) is 7.97. The molecule has 0 aliphatic carbocycles. The summed E-state index contributed by atoms with van der Waals surface area (Å²) in [7, 11) is 0. The summed E-state index contributed by atoms with van der Waals surface area (Å²) in [5.41, 5.74) is 2.91. The Balaban J connectivity index is 1.67. The zero-order valence-electron chi connectivity index (χ0n) is 13.8. The van der Waals surface area contributed by atoms with Crippen molar-refractivity contribution in [1.82, 2.24) is 20.1 Å². The Bertz CT molecular complexity index is 935. The first kappa shape index (κ1) is 16.6. The second-order valence-electron chi connectivity index (χ2n) is 5.65. The fourth-order valence-corrected chi connectivity index (χ4v) is 2.44. The van der Waals surface area contributed by atoms with E-state index in [1.165, 1.54) is 10.7 Å². The molecule has 1 aromatic carbocycles. The van der Waals surface area contributed by atoms with E-state index in [1.807, 2.05) is 37.3 Å². The zero-order chi connectivity index (χ0) is 17.6. The van der Waals surface area contributed by atoms with Gasteiger partial charge in [0.15, 0.2) is 0 Å². The third-order valence-corrected chi connectivity index (χ3v) is 3.71. The van der Waals surface area contributed by atoms with Crippen LogP contribution in [0.25, 0.3) is 11.3 Å². The molecule has 0 fully saturated rings. The van der Waals surface area contributed by atoms with E-state index in [1.54, 1.807) is 24.5 Å². The molecule has 0 aliphatic heterocycles. The maximum atomic E-state index is 12.1. The number of rotatable bonds is 5. The molecule has 1 amide bonds. The van der Waals surface area contributed by atoms with Crippen LogP contribution < -0.4 is 10.9 Å². The highest BCUT2D eigenvalue weighted by molar-refractivity contribution is 5.94. The molecule has 3 aromatic rings. The van der Waals surface area contributed by atoms with Gasteiger partial charge in [-0.2, -0.15) is 5.10 Å². The Hall–Kier alpha value is -3.28. The molecule has 6 nitrogen and oxygen atoms in total. The van der Waals surface area contributed by atoms with Gasteiger partial charge in [0.25, 0.3) is 11.5 Å². The number of hydrogen-bond donors (Lipinski definition) is 1. The monoisotopic (exact) mass is 334 g/mol. The highest BCUT2D eigenvalue weighted by Gasteiger charge is 2.06. The predicted octanol–water partition coefficient (Wildman–Crippen LogP) is 2.04. The Morgan fingerprint density at radius 1 is 1.16 bits per heavy atom. The van der Waals surface area contributed by atoms with Crippen LogP contribution in [0.1, 0.15) is 15.9 Å². The van der Waals surface area contributed by atoms with E-state index >= 15 is 0 Å². The Labute approximate surface area is 145 Å². The number of carbonyl (C=O) groups is 1. The summed E-state index contributed by atoms with van der Waals surface area (Å²) in [4.78, 5) is 28.2. The van der Waals surface area contributed by atoms with Crippen molar-refractivity contribution in [2.75, 3.05) is 6.54 Å². The van der Waals surface area contributed by atoms with Crippen molar-refractivity contribution in [3.8, 4) is 11.3 Å². The van der Waals surface area contributed by atoms with Crippen LogP contribution in [0.15, 0.2) is 65.7 Å². The summed E-state index contributed by atoms with van der Waals surface area (Å²) in [6.45, 7) is 2.55. The van der Waals surface area contributed by atoms with Crippen molar-refractivity contribution < 1.29 is 4.79 Å². The van der Waals surface area contributed by atoms with Gasteiger partial charge in [0, 0.05) is 36.1 Å². The molecule has 0 atom stereocenters. The summed E-state index contributed by atoms with van der Waals surface area (Å²) >= 11 is 0. The quantitative estimate of drug-likeness (QED) is 0.775. The number of amides is 1. The van der Waals surface area contributed by atoms with Gasteiger partial charge in [-0.1, -0.05) is 17.7 Å². The van der Waals surface area contributed by atoms with Gasteiger partial charge in [0.1, 0.15) is 0 Å². The van der Waals surface area contributed by atoms with E-state index in [9.17, 15) is 9.59 Å². The van der Waals surface area contributed by atoms with Crippen molar-refractivity contribution in [3.63, 3.8) is 0 Å². The van der Waals surface area contributed by atoms with Crippen molar-refractivity contribution in [2.24, 2.45) is 0 Å². The van der Waals surface area contributed by atoms with Crippen LogP contribution in [0, 0.1) is 6.92 Å². The number of benzene rings is 1. The van der Waals surface area contributed by atoms with Gasteiger partial charge in [0.05, 0.1) is 12.2 Å². The second-order valence-corrected chi connectivity index (χ2v) is 5.65. The molecule has 2 heterocycles. The largest absolute Gasteiger partial charge is 0.350 e. The smallest absolute Gasteiger partial charge is 0.266 e. The molecule has 0 saturated carbocycles. The zero-order valence-corrected chi connectivity index (χ0v) is 13.8. The van der Waals surface area contributed by atoms with Crippen LogP contribution in [0.3, 0.4) is 0 Å². The van der Waals surface area contributed by atoms with Crippen molar-refractivity contribution in [1.29, 1.82) is 0 Å². The molecule has 1 N–H and O–H groups in total. The first-order chi connectivity index (χ1) is 12.1. The number of carbonyl (C=O) groups excluding carboxylic acids is 1. The summed E-state index contributed by atoms with van der Waals surface area (Å²) in [6, 6.07) is 14.2. The molecule has 0 saturated heterocycles. The SMILES string of the molecule is Cc1cccc(C(=O)NCCn2nc(-c3cccnc3)ccc2=O)c1. The summed E-state index contributed by atoms with van der Waals surface area (Å²) in [5, 5.41) is 7.15. The van der Waals surface area contributed by atoms with Gasteiger partial charge >= 0.3 is 0 Å². The highest BCUT2D eigenvalue weighted by Crippen LogP contribution is 2.12. The van der Waals surface area contributed by atoms with Crippen LogP contribution in [0.4, 0.5) is 0 Å². The van der Waals surface area contributed by atoms with E-state index in [0.29, 0.717) is 24.3 Å². The minimum absolute atomic E-state index is 0.167. The molecule has 0 spiro atoms. The molecular weight excluding hydrogens is 316 g/mol. The van der Waals surface area contributed by atoms with Crippen molar-refractivity contribution in [3.05, 3.63) is 82.4 Å². The molecule has 126 valence electrons. The van der Waals surface area contributed by atoms with Crippen LogP contribution in [-0.2, 0) is 6.54 Å². The predicted molar refractivity (Wildman–Crippen MR) is 95.2 cm³/mol. The van der Waals surface area contributed by atoms with Crippen molar-refractivity contribution >= 4 is 5.91 Å². The maximum Gasteiger partial charge on any atom is 0.266 e. The molecule has 0 bridgehead atoms. The lowest BCUT2D eigenvalue weighted by Crippen LogP contribution is -2.32. The fraction of sp³-hybridized carbons (Fsp3) is 0.158. The minimum Gasteiger partial charge on any atom is -0.350 e. The molecule has 25 heavy (non-hydrogen) atoms. The lowest BCUT2D eigenvalue weighted by Gasteiger charge is -2.09. The Kier molecular flexibility index (Phi) is 4.99. The number of hydrogen-bond acceptors (Lipinski definition) is 4. The fourth-order valence-electron chi connectivity index (χ4n) is 2.44. The van der Waals surface area contributed by atoms with Gasteiger partial charge in [-0.25, -0.2) is 4.68 Å². The Morgan fingerprint density at radius 3 is 2.80 bits per heavy atom. The van der Waals surface area contributed by atoms with Gasteiger partial charge in [-0.05, 0) is 37.3 Å². The van der Waals surface area contributed by atoms with Crippen LogP contribution in [0.2, 0.25) is 0 Å². The number of nitrogens with zero attached hydrogens (tertiary/aromatic N) is 3. The maximum absolute atomic E-state index is 12.1. The van der Waals surface area contributed by atoms with E-state index in [4.69, 9.17) is 0 Å². The van der Waals surface area contributed by atoms with Gasteiger partial charge in [-0.3, -0.25) is 14.6 Å². The topological polar surface area (TPSA) is 76.9 Å². The lowest BCUT2D eigenvalue weighted by molar-refractivity contribution is 0.0951. The molecule has 2 aromatic heterocycles. The third-order valence-electron chi connectivity index (χ3n) is 3.71. The molecule has 0 radical (unpaired) electrons. The third kappa shape index (κ3) is 4.17. The summed E-state index contributed by atoms with van der Waals surface area (Å²) in [6.07, 6.45) is 3.37.